The molecule has 4 saturated carbocycles. The summed E-state index contributed by atoms with van der Waals surface area (Å²) in [4.78, 5) is 8.78. The molecule has 0 aromatic rings. The van der Waals surface area contributed by atoms with Crippen molar-refractivity contribution in [2.45, 2.75) is 45.6 Å². The predicted molar refractivity (Wildman–Crippen MR) is 178 cm³/mol. The van der Waals surface area contributed by atoms with Crippen LogP contribution in [0.3, 0.4) is 0 Å². The van der Waals surface area contributed by atoms with Crippen LogP contribution < -0.4 is 0 Å². The van der Waals surface area contributed by atoms with Crippen LogP contribution in [0.5, 0.6) is 0 Å². The molecule has 2 atom stereocenters. The zero-order valence-electron chi connectivity index (χ0n) is 24.0. The van der Waals surface area contributed by atoms with Crippen LogP contribution in [0.25, 0.3) is 0 Å². The fraction of sp³-hybridized carbons (Fsp3) is 0.290. The maximum atomic E-state index is 5.59. The first-order chi connectivity index (χ1) is 19.3. The van der Waals surface area contributed by atoms with Gasteiger partial charge in [0.15, 0.2) is 11.8 Å². The van der Waals surface area contributed by atoms with Crippen LogP contribution in [0.1, 0.15) is 13.8 Å². The van der Waals surface area contributed by atoms with Crippen molar-refractivity contribution >= 4 is 58.9 Å². The minimum absolute atomic E-state index is 0. The standard InChI is InChI=1S/C12H17NOSi.C9H9NO.2C5H5.2Fe.2HI.2Pd/c1-9-8-14-12(13-9)10-6-5-7-11(10)15(2,3)4;1-7-6-11-9(10-7)8-4-2-3-5-8;2*1-2-4-5-3-1;;;;;;/h5,7,9H,8H2,1-4H3;2-4,7H,6H2,1H3;2*1-5H;;;2*1H;;/q2*-1;;;;;;;2*+2/p-2/t9-;7-;;;;;;;;/m11......../s1. The van der Waals surface area contributed by atoms with Gasteiger partial charge in [0.05, 0.1) is 12.1 Å². The molecule has 6 aliphatic rings. The molecule has 4 fully saturated rings. The Labute approximate surface area is 325 Å². The topological polar surface area (TPSA) is 43.2 Å². The van der Waals surface area contributed by atoms with Crippen molar-refractivity contribution < 1.29 is 74.8 Å². The molecule has 0 aromatic carbocycles. The molecule has 0 bridgehead atoms. The van der Waals surface area contributed by atoms with Crippen LogP contribution in [0.15, 0.2) is 9.98 Å². The zero-order valence-corrected chi connectivity index (χ0v) is 34.7. The molecule has 2 aliphatic heterocycles. The van der Waals surface area contributed by atoms with E-state index in [1.807, 2.05) is 136 Å². The van der Waals surface area contributed by atoms with E-state index in [0.29, 0.717) is 19.3 Å². The molecule has 0 unspecified atom stereocenters. The molecule has 42 heavy (non-hydrogen) atoms. The van der Waals surface area contributed by atoms with Gasteiger partial charge in [-0.1, -0.05) is 38.9 Å². The van der Waals surface area contributed by atoms with E-state index in [1.165, 1.54) is 5.54 Å². The van der Waals surface area contributed by atoms with Crippen molar-refractivity contribution in [2.75, 3.05) is 13.2 Å². The fourth-order valence-corrected chi connectivity index (χ4v) is 5.02. The van der Waals surface area contributed by atoms with Crippen molar-refractivity contribution in [3.05, 3.63) is 127 Å². The Kier molecular flexibility index (Phi) is 32.5. The van der Waals surface area contributed by atoms with Gasteiger partial charge in [0.1, 0.15) is 13.2 Å². The molecule has 0 amide bonds. The van der Waals surface area contributed by atoms with E-state index in [-0.39, 0.29) is 40.2 Å². The third-order valence-electron chi connectivity index (χ3n) is 5.31. The Morgan fingerprint density at radius 1 is 0.667 bits per heavy atom. The summed E-state index contributed by atoms with van der Waals surface area (Å²) in [6.07, 6.45) is 36.2. The van der Waals surface area contributed by atoms with Gasteiger partial charge in [-0.05, 0) is 83.6 Å². The Balaban J connectivity index is 0. The quantitative estimate of drug-likeness (QED) is 0.171. The van der Waals surface area contributed by atoms with Crippen molar-refractivity contribution in [1.29, 1.82) is 0 Å². The van der Waals surface area contributed by atoms with Gasteiger partial charge >= 0.3 is 70.2 Å². The van der Waals surface area contributed by atoms with Crippen molar-refractivity contribution in [3.8, 4) is 0 Å². The van der Waals surface area contributed by atoms with E-state index in [2.05, 4.69) is 87.0 Å². The first-order valence-corrected chi connectivity index (χ1v) is 25.4. The molecule has 2 heterocycles. The first kappa shape index (κ1) is 47.1. The Morgan fingerprint density at radius 3 is 1.43 bits per heavy atom. The van der Waals surface area contributed by atoms with E-state index in [1.54, 1.807) is 0 Å². The molecule has 20 radical (unpaired) electrons. The molecule has 4 aliphatic carbocycles. The fourth-order valence-electron chi connectivity index (χ4n) is 3.51. The minimum atomic E-state index is -1.31. The van der Waals surface area contributed by atoms with Gasteiger partial charge in [0.2, 0.25) is 0 Å². The van der Waals surface area contributed by atoms with Crippen molar-refractivity contribution in [2.24, 2.45) is 9.98 Å². The monoisotopic (exact) mass is 1070 g/mol. The zero-order chi connectivity index (χ0) is 29.8. The van der Waals surface area contributed by atoms with Gasteiger partial charge in [-0.15, -0.1) is 11.8 Å². The number of nitrogens with zero attached hydrogens (tertiary/aromatic N) is 2. The second kappa shape index (κ2) is 28.9. The normalized spacial score (nSPS) is 24.9. The van der Waals surface area contributed by atoms with Gasteiger partial charge in [-0.3, -0.25) is 9.98 Å². The summed E-state index contributed by atoms with van der Waals surface area (Å²) in [6.45, 7) is 12.5. The van der Waals surface area contributed by atoms with Crippen LogP contribution in [-0.2, 0) is 74.8 Å². The summed E-state index contributed by atoms with van der Waals surface area (Å²) in [5.41, 5.74) is 1.40. The van der Waals surface area contributed by atoms with Gasteiger partial charge < -0.3 is 22.3 Å². The predicted octanol–water partition coefficient (Wildman–Crippen LogP) is 7.22. The van der Waals surface area contributed by atoms with Crippen LogP contribution >= 0.6 is 39.0 Å². The molecular formula is C31H36Fe2I2N2O2Pd2Si. The Morgan fingerprint density at radius 2 is 1.10 bits per heavy atom. The number of hydrogen-bond donors (Lipinski definition) is 0. The number of aliphatic imine (C=N–C) groups is 2. The van der Waals surface area contributed by atoms with E-state index in [0.717, 1.165) is 23.6 Å². The van der Waals surface area contributed by atoms with Crippen LogP contribution in [0, 0.1) is 127 Å². The summed E-state index contributed by atoms with van der Waals surface area (Å²) >= 11 is 9.44. The Hall–Kier alpha value is 2.98. The van der Waals surface area contributed by atoms with Gasteiger partial charge in [-0.2, -0.15) is 0 Å². The molecule has 0 saturated heterocycles. The molecular weight excluding hydrogens is 1040 g/mol. The van der Waals surface area contributed by atoms with Gasteiger partial charge in [0, 0.05) is 42.2 Å². The summed E-state index contributed by atoms with van der Waals surface area (Å²) < 4.78 is 10.9. The molecule has 4 nitrogen and oxygen atoms in total. The van der Waals surface area contributed by atoms with Gasteiger partial charge in [0.25, 0.3) is 0 Å². The SMILES string of the molecule is C[C@@H]1COC([C]2[C-][CH][CH][CH]2)=N1.C[C@@H]1COC([C]2[C-][CH][CH][C]2[Si](C)(C)C)=N1.[CH]1[CH][CH][CH][CH]1.[CH]1[CH][CH][CH][CH]1.[Fe].[Fe].[Pd+][I].[Pd+][I]. The number of rotatable bonds is 3. The van der Waals surface area contributed by atoms with Gasteiger partial charge in [-0.25, -0.2) is 12.8 Å². The second-order valence-corrected chi connectivity index (χ2v) is 14.8. The summed E-state index contributed by atoms with van der Waals surface area (Å²) in [7, 11) is -1.31. The van der Waals surface area contributed by atoms with Crippen molar-refractivity contribution in [3.63, 3.8) is 0 Å². The summed E-state index contributed by atoms with van der Waals surface area (Å²) in [5, 5.41) is 0. The average molecular weight is 1080 g/mol. The third-order valence-corrected chi connectivity index (χ3v) is 7.34. The first-order valence-electron chi connectivity index (χ1n) is 12.6. The van der Waals surface area contributed by atoms with Crippen molar-refractivity contribution in [1.82, 2.24) is 0 Å². The average Bonchev–Trinajstić information content (AvgIpc) is 3.79. The van der Waals surface area contributed by atoms with E-state index in [4.69, 9.17) is 9.47 Å². The van der Waals surface area contributed by atoms with Crippen LogP contribution in [-0.4, -0.2) is 45.2 Å². The molecule has 11 heteroatoms. The number of halogens is 2. The van der Waals surface area contributed by atoms with E-state index in [9.17, 15) is 0 Å². The molecule has 6 rings (SSSR count). The van der Waals surface area contributed by atoms with Crippen LogP contribution in [0.4, 0.5) is 0 Å². The number of hydrogen-bond acceptors (Lipinski definition) is 4. The molecule has 0 aromatic heterocycles. The molecule has 0 N–H and O–H groups in total. The number of ether oxygens (including phenoxy) is 2. The Bertz CT molecular complexity index is 682. The maximum absolute atomic E-state index is 5.59. The van der Waals surface area contributed by atoms with E-state index < -0.39 is 8.07 Å². The summed E-state index contributed by atoms with van der Waals surface area (Å²) in [5.74, 6) is 3.60. The van der Waals surface area contributed by atoms with Crippen LogP contribution in [0.2, 0.25) is 19.6 Å². The molecule has 0 spiro atoms. The molecule has 236 valence electrons. The second-order valence-electron chi connectivity index (χ2n) is 9.71. The third kappa shape index (κ3) is 19.7. The van der Waals surface area contributed by atoms with E-state index >= 15 is 0 Å². The summed E-state index contributed by atoms with van der Waals surface area (Å²) in [6, 6.07) is 0.589.